The molecule has 0 saturated carbocycles. The Kier molecular flexibility index (Phi) is 4.00. The van der Waals surface area contributed by atoms with Crippen molar-refractivity contribution in [3.05, 3.63) is 35.4 Å². The van der Waals surface area contributed by atoms with Gasteiger partial charge in [0.2, 0.25) is 0 Å². The van der Waals surface area contributed by atoms with Gasteiger partial charge < -0.3 is 4.90 Å². The number of carbonyl (C=O) groups is 1. The summed E-state index contributed by atoms with van der Waals surface area (Å²) < 4.78 is 1.91. The summed E-state index contributed by atoms with van der Waals surface area (Å²) in [5, 5.41) is 11.4. The molecule has 1 atom stereocenters. The third kappa shape index (κ3) is 2.65. The SMILES string of the molecule is Cc1cc(C(=O)N2CCCCC2c2cn[nH]c2)nn1C(C)C. The Bertz CT molecular complexity index is 644. The molecule has 118 valence electrons. The predicted molar refractivity (Wildman–Crippen MR) is 83.6 cm³/mol. The Morgan fingerprint density at radius 2 is 2.23 bits per heavy atom. The Hall–Kier alpha value is -2.11. The third-order valence-corrected chi connectivity index (χ3v) is 4.30. The van der Waals surface area contributed by atoms with E-state index in [1.165, 1.54) is 0 Å². The second-order valence-corrected chi connectivity index (χ2v) is 6.25. The fourth-order valence-corrected chi connectivity index (χ4v) is 3.23. The van der Waals surface area contributed by atoms with Gasteiger partial charge in [-0.1, -0.05) is 0 Å². The average molecular weight is 301 g/mol. The molecule has 1 aliphatic rings. The van der Waals surface area contributed by atoms with Crippen LogP contribution in [0.25, 0.3) is 0 Å². The quantitative estimate of drug-likeness (QED) is 0.948. The van der Waals surface area contributed by atoms with Crippen LogP contribution in [-0.4, -0.2) is 37.3 Å². The molecule has 1 amide bonds. The van der Waals surface area contributed by atoms with Crippen LogP contribution in [0.2, 0.25) is 0 Å². The van der Waals surface area contributed by atoms with Crippen LogP contribution in [0.3, 0.4) is 0 Å². The second kappa shape index (κ2) is 5.94. The maximum absolute atomic E-state index is 12.9. The normalized spacial score (nSPS) is 18.9. The van der Waals surface area contributed by atoms with E-state index in [0.717, 1.165) is 37.1 Å². The number of hydrogen-bond acceptors (Lipinski definition) is 3. The molecular formula is C16H23N5O. The Morgan fingerprint density at radius 1 is 1.41 bits per heavy atom. The van der Waals surface area contributed by atoms with Crippen molar-refractivity contribution < 1.29 is 4.79 Å². The van der Waals surface area contributed by atoms with Gasteiger partial charge in [0.05, 0.1) is 12.2 Å². The lowest BCUT2D eigenvalue weighted by atomic mass is 9.97. The van der Waals surface area contributed by atoms with Crippen LogP contribution >= 0.6 is 0 Å². The zero-order valence-electron chi connectivity index (χ0n) is 13.4. The van der Waals surface area contributed by atoms with Crippen molar-refractivity contribution >= 4 is 5.91 Å². The summed E-state index contributed by atoms with van der Waals surface area (Å²) in [6, 6.07) is 2.25. The van der Waals surface area contributed by atoms with E-state index < -0.39 is 0 Å². The maximum Gasteiger partial charge on any atom is 0.274 e. The Balaban J connectivity index is 1.87. The zero-order valence-corrected chi connectivity index (χ0v) is 13.4. The molecule has 0 aliphatic carbocycles. The van der Waals surface area contributed by atoms with Gasteiger partial charge in [0, 0.05) is 30.0 Å². The van der Waals surface area contributed by atoms with Gasteiger partial charge in [-0.2, -0.15) is 10.2 Å². The van der Waals surface area contributed by atoms with E-state index in [2.05, 4.69) is 29.1 Å². The van der Waals surface area contributed by atoms with Crippen molar-refractivity contribution in [3.8, 4) is 0 Å². The van der Waals surface area contributed by atoms with Gasteiger partial charge in [-0.25, -0.2) is 0 Å². The number of rotatable bonds is 3. The Morgan fingerprint density at radius 3 is 2.86 bits per heavy atom. The highest BCUT2D eigenvalue weighted by atomic mass is 16.2. The third-order valence-electron chi connectivity index (χ3n) is 4.30. The smallest absolute Gasteiger partial charge is 0.274 e. The highest BCUT2D eigenvalue weighted by Gasteiger charge is 2.30. The fourth-order valence-electron chi connectivity index (χ4n) is 3.23. The summed E-state index contributed by atoms with van der Waals surface area (Å²) in [5.74, 6) is 0.0217. The molecule has 2 aromatic heterocycles. The number of aryl methyl sites for hydroxylation is 1. The Labute approximate surface area is 130 Å². The first-order chi connectivity index (χ1) is 10.6. The number of hydrogen-bond donors (Lipinski definition) is 1. The first-order valence-corrected chi connectivity index (χ1v) is 7.93. The van der Waals surface area contributed by atoms with Crippen molar-refractivity contribution in [1.29, 1.82) is 0 Å². The van der Waals surface area contributed by atoms with Crippen LogP contribution in [-0.2, 0) is 0 Å². The minimum absolute atomic E-state index is 0.0217. The maximum atomic E-state index is 12.9. The van der Waals surface area contributed by atoms with Crippen molar-refractivity contribution in [1.82, 2.24) is 24.9 Å². The number of nitrogens with zero attached hydrogens (tertiary/aromatic N) is 4. The molecule has 0 spiro atoms. The van der Waals surface area contributed by atoms with Gasteiger partial charge in [0.1, 0.15) is 0 Å². The van der Waals surface area contributed by atoms with E-state index in [0.29, 0.717) is 5.69 Å². The van der Waals surface area contributed by atoms with Gasteiger partial charge in [0.15, 0.2) is 5.69 Å². The number of nitrogens with one attached hydrogen (secondary N) is 1. The van der Waals surface area contributed by atoms with E-state index >= 15 is 0 Å². The average Bonchev–Trinajstić information content (AvgIpc) is 3.15. The molecule has 0 aromatic carbocycles. The molecule has 22 heavy (non-hydrogen) atoms. The molecule has 0 bridgehead atoms. The molecule has 1 N–H and O–H groups in total. The fraction of sp³-hybridized carbons (Fsp3) is 0.562. The topological polar surface area (TPSA) is 66.8 Å². The lowest BCUT2D eigenvalue weighted by Crippen LogP contribution is -2.38. The molecule has 6 heteroatoms. The molecule has 1 aliphatic heterocycles. The molecule has 1 unspecified atom stereocenters. The highest BCUT2D eigenvalue weighted by molar-refractivity contribution is 5.92. The van der Waals surface area contributed by atoms with Crippen LogP contribution in [0.5, 0.6) is 0 Å². The molecule has 1 fully saturated rings. The van der Waals surface area contributed by atoms with E-state index in [1.807, 2.05) is 35.0 Å². The number of amides is 1. The molecule has 6 nitrogen and oxygen atoms in total. The predicted octanol–water partition coefficient (Wildman–Crippen LogP) is 2.86. The van der Waals surface area contributed by atoms with E-state index in [4.69, 9.17) is 0 Å². The van der Waals surface area contributed by atoms with Gasteiger partial charge in [-0.15, -0.1) is 0 Å². The van der Waals surface area contributed by atoms with Crippen molar-refractivity contribution in [2.24, 2.45) is 0 Å². The molecular weight excluding hydrogens is 278 g/mol. The lowest BCUT2D eigenvalue weighted by Gasteiger charge is -2.34. The first-order valence-electron chi connectivity index (χ1n) is 7.93. The van der Waals surface area contributed by atoms with Gasteiger partial charge in [-0.3, -0.25) is 14.6 Å². The number of H-pyrrole nitrogens is 1. The number of aromatic nitrogens is 4. The summed E-state index contributed by atoms with van der Waals surface area (Å²) in [6.45, 7) is 6.92. The van der Waals surface area contributed by atoms with Crippen LogP contribution in [0, 0.1) is 6.92 Å². The minimum Gasteiger partial charge on any atom is -0.330 e. The van der Waals surface area contributed by atoms with Crippen LogP contribution in [0.1, 0.15) is 66.9 Å². The minimum atomic E-state index is 0.0217. The first kappa shape index (κ1) is 14.8. The zero-order chi connectivity index (χ0) is 15.7. The summed E-state index contributed by atoms with van der Waals surface area (Å²) in [6.07, 6.45) is 6.86. The van der Waals surface area contributed by atoms with Gasteiger partial charge in [0.25, 0.3) is 5.91 Å². The van der Waals surface area contributed by atoms with Crippen LogP contribution < -0.4 is 0 Å². The van der Waals surface area contributed by atoms with Crippen LogP contribution in [0.15, 0.2) is 18.5 Å². The monoisotopic (exact) mass is 301 g/mol. The van der Waals surface area contributed by atoms with Gasteiger partial charge >= 0.3 is 0 Å². The van der Waals surface area contributed by atoms with Crippen LogP contribution in [0.4, 0.5) is 0 Å². The van der Waals surface area contributed by atoms with Crippen molar-refractivity contribution in [2.45, 2.75) is 52.1 Å². The van der Waals surface area contributed by atoms with Gasteiger partial charge in [-0.05, 0) is 46.1 Å². The molecule has 2 aromatic rings. The summed E-state index contributed by atoms with van der Waals surface area (Å²) in [7, 11) is 0. The van der Waals surface area contributed by atoms with Crippen molar-refractivity contribution in [3.63, 3.8) is 0 Å². The number of carbonyl (C=O) groups excluding carboxylic acids is 1. The number of aromatic amines is 1. The molecule has 1 saturated heterocycles. The standard InChI is InChI=1S/C16H23N5O/c1-11(2)21-12(3)8-14(19-21)16(22)20-7-5-4-6-15(20)13-9-17-18-10-13/h8-11,15H,4-7H2,1-3H3,(H,17,18). The van der Waals surface area contributed by atoms with E-state index in [9.17, 15) is 4.79 Å². The lowest BCUT2D eigenvalue weighted by molar-refractivity contribution is 0.0604. The summed E-state index contributed by atoms with van der Waals surface area (Å²) in [4.78, 5) is 14.9. The largest absolute Gasteiger partial charge is 0.330 e. The number of likely N-dealkylation sites (tertiary alicyclic amines) is 1. The summed E-state index contributed by atoms with van der Waals surface area (Å²) >= 11 is 0. The second-order valence-electron chi connectivity index (χ2n) is 6.25. The summed E-state index contributed by atoms with van der Waals surface area (Å²) in [5.41, 5.74) is 2.64. The van der Waals surface area contributed by atoms with Crippen molar-refractivity contribution in [2.75, 3.05) is 6.54 Å². The highest BCUT2D eigenvalue weighted by Crippen LogP contribution is 2.31. The molecule has 3 heterocycles. The molecule has 0 radical (unpaired) electrons. The number of piperidine rings is 1. The van der Waals surface area contributed by atoms with E-state index in [1.54, 1.807) is 0 Å². The van der Waals surface area contributed by atoms with E-state index in [-0.39, 0.29) is 18.0 Å². The molecule has 3 rings (SSSR count).